The Balaban J connectivity index is 1.71. The van der Waals surface area contributed by atoms with Crippen LogP contribution in [0.25, 0.3) is 0 Å². The van der Waals surface area contributed by atoms with E-state index >= 15 is 0 Å². The summed E-state index contributed by atoms with van der Waals surface area (Å²) in [7, 11) is 0. The van der Waals surface area contributed by atoms with Crippen molar-refractivity contribution in [1.29, 1.82) is 0 Å². The van der Waals surface area contributed by atoms with Gasteiger partial charge in [-0.3, -0.25) is 14.4 Å². The molecule has 0 radical (unpaired) electrons. The minimum absolute atomic E-state index is 0.136. The summed E-state index contributed by atoms with van der Waals surface area (Å²) in [4.78, 5) is 40.8. The minimum atomic E-state index is -1.38. The van der Waals surface area contributed by atoms with Gasteiger partial charge in [-0.1, -0.05) is 30.3 Å². The van der Waals surface area contributed by atoms with Crippen LogP contribution in [-0.4, -0.2) is 35.0 Å². The number of quaternary nitrogens is 1. The molecule has 2 aromatic rings. The Morgan fingerprint density at radius 2 is 1.79 bits per heavy atom. The second-order valence-electron chi connectivity index (χ2n) is 7.82. The van der Waals surface area contributed by atoms with Crippen molar-refractivity contribution in [3.05, 3.63) is 59.9 Å². The number of halogens is 1. The van der Waals surface area contributed by atoms with Crippen LogP contribution in [0.4, 0.5) is 15.8 Å². The Morgan fingerprint density at radius 1 is 1.10 bits per heavy atom. The van der Waals surface area contributed by atoms with Crippen LogP contribution in [0.5, 0.6) is 0 Å². The van der Waals surface area contributed by atoms with Crippen LogP contribution in [-0.2, 0) is 19.9 Å². The zero-order valence-electron chi connectivity index (χ0n) is 15.5. The summed E-state index contributed by atoms with van der Waals surface area (Å²) in [6.45, 7) is 1.53. The third-order valence-corrected chi connectivity index (χ3v) is 6.36. The first-order valence-electron chi connectivity index (χ1n) is 9.45. The molecule has 3 aliphatic heterocycles. The Labute approximate surface area is 165 Å². The van der Waals surface area contributed by atoms with Gasteiger partial charge >= 0.3 is 0 Å². The molecule has 1 spiro atoms. The highest BCUT2D eigenvalue weighted by Gasteiger charge is 2.75. The standard InChI is InChI=1S/C21H18FN3O4/c1-10(26)17-15-16(19(28)25(18(15)27)14-9-5-3-7-12(14)22)21(24-17)11-6-2-4-8-13(11)23-20(21)29/h2-10,15-17,24,26H,1H3,(H,23,29)/p+1/t10-,15+,16+,17+,21+/m1/s1. The minimum Gasteiger partial charge on any atom is -0.387 e. The molecule has 2 aromatic carbocycles. The predicted molar refractivity (Wildman–Crippen MR) is 100 cm³/mol. The van der Waals surface area contributed by atoms with Gasteiger partial charge in [0.05, 0.1) is 11.4 Å². The van der Waals surface area contributed by atoms with Crippen molar-refractivity contribution in [2.24, 2.45) is 11.8 Å². The van der Waals surface area contributed by atoms with E-state index in [0.29, 0.717) is 11.3 Å². The maximum Gasteiger partial charge on any atom is 0.291 e. The highest BCUT2D eigenvalue weighted by molar-refractivity contribution is 6.25. The van der Waals surface area contributed by atoms with Crippen LogP contribution in [0, 0.1) is 17.7 Å². The van der Waals surface area contributed by atoms with E-state index in [2.05, 4.69) is 5.32 Å². The molecule has 0 aliphatic carbocycles. The van der Waals surface area contributed by atoms with E-state index < -0.39 is 53.1 Å². The van der Waals surface area contributed by atoms with Gasteiger partial charge in [0.1, 0.15) is 29.8 Å². The lowest BCUT2D eigenvalue weighted by Crippen LogP contribution is -3.00. The molecule has 0 bridgehead atoms. The van der Waals surface area contributed by atoms with Crippen molar-refractivity contribution >= 4 is 29.1 Å². The van der Waals surface area contributed by atoms with Crippen LogP contribution in [0.2, 0.25) is 0 Å². The SMILES string of the molecule is C[C@@H](O)[C@@H]1[NH2+][C@]2(C(=O)Nc3ccccc32)[C@@H]2C(=O)N(c3ccccc3F)C(=O)[C@H]12. The van der Waals surface area contributed by atoms with Gasteiger partial charge in [-0.25, -0.2) is 9.29 Å². The average molecular weight is 396 g/mol. The van der Waals surface area contributed by atoms with E-state index in [1.54, 1.807) is 35.6 Å². The van der Waals surface area contributed by atoms with Crippen LogP contribution in [0.15, 0.2) is 48.5 Å². The van der Waals surface area contributed by atoms with E-state index in [0.717, 1.165) is 4.90 Å². The van der Waals surface area contributed by atoms with E-state index in [-0.39, 0.29) is 5.69 Å². The number of nitrogens with two attached hydrogens (primary N) is 1. The number of hydrogen-bond acceptors (Lipinski definition) is 4. The molecule has 7 nitrogen and oxygen atoms in total. The van der Waals surface area contributed by atoms with Crippen molar-refractivity contribution in [1.82, 2.24) is 0 Å². The molecule has 0 aromatic heterocycles. The number of fused-ring (bicyclic) bond motifs is 4. The molecule has 0 unspecified atom stereocenters. The number of imide groups is 1. The Kier molecular flexibility index (Phi) is 3.68. The number of nitrogens with one attached hydrogen (secondary N) is 1. The number of carbonyl (C=O) groups excluding carboxylic acids is 3. The first kappa shape index (κ1) is 18.0. The van der Waals surface area contributed by atoms with Crippen molar-refractivity contribution in [2.75, 3.05) is 10.2 Å². The number of amides is 3. The molecule has 29 heavy (non-hydrogen) atoms. The van der Waals surface area contributed by atoms with Crippen LogP contribution in [0.1, 0.15) is 12.5 Å². The summed E-state index contributed by atoms with van der Waals surface area (Å²) >= 11 is 0. The van der Waals surface area contributed by atoms with Gasteiger partial charge in [-0.15, -0.1) is 0 Å². The third-order valence-electron chi connectivity index (χ3n) is 6.36. The molecule has 0 saturated carbocycles. The van der Waals surface area contributed by atoms with Crippen molar-refractivity contribution in [3.63, 3.8) is 0 Å². The lowest BCUT2D eigenvalue weighted by Gasteiger charge is -2.27. The van der Waals surface area contributed by atoms with Crippen LogP contribution in [0.3, 0.4) is 0 Å². The molecule has 3 amide bonds. The van der Waals surface area contributed by atoms with E-state index in [4.69, 9.17) is 0 Å². The second-order valence-corrected chi connectivity index (χ2v) is 7.82. The normalized spacial score (nSPS) is 31.2. The maximum absolute atomic E-state index is 14.4. The van der Waals surface area contributed by atoms with E-state index in [9.17, 15) is 23.9 Å². The van der Waals surface area contributed by atoms with Crippen molar-refractivity contribution in [3.8, 4) is 0 Å². The summed E-state index contributed by atoms with van der Waals surface area (Å²) in [5, 5.41) is 14.8. The molecule has 2 fully saturated rings. The molecule has 148 valence electrons. The summed E-state index contributed by atoms with van der Waals surface area (Å²) < 4.78 is 14.4. The summed E-state index contributed by atoms with van der Waals surface area (Å²) in [6, 6.07) is 11.8. The number of aliphatic hydroxyl groups is 1. The Morgan fingerprint density at radius 3 is 2.52 bits per heavy atom. The molecule has 2 saturated heterocycles. The number of rotatable bonds is 2. The molecular formula is C21H19FN3O4+. The molecule has 8 heteroatoms. The molecule has 3 heterocycles. The lowest BCUT2D eigenvalue weighted by molar-refractivity contribution is -0.738. The Bertz CT molecular complexity index is 1070. The number of hydrogen-bond donors (Lipinski definition) is 3. The highest BCUT2D eigenvalue weighted by atomic mass is 19.1. The lowest BCUT2D eigenvalue weighted by atomic mass is 9.76. The van der Waals surface area contributed by atoms with E-state index in [1.807, 2.05) is 0 Å². The van der Waals surface area contributed by atoms with E-state index in [1.165, 1.54) is 25.1 Å². The van der Waals surface area contributed by atoms with Crippen LogP contribution < -0.4 is 15.5 Å². The monoisotopic (exact) mass is 396 g/mol. The number of nitrogens with zero attached hydrogens (tertiary/aromatic N) is 1. The summed E-state index contributed by atoms with van der Waals surface area (Å²) in [6.07, 6.45) is -0.959. The zero-order chi connectivity index (χ0) is 20.5. The van der Waals surface area contributed by atoms with Crippen LogP contribution >= 0.6 is 0 Å². The van der Waals surface area contributed by atoms with Gasteiger partial charge in [-0.05, 0) is 25.1 Å². The van der Waals surface area contributed by atoms with Gasteiger partial charge in [0.25, 0.3) is 5.91 Å². The quantitative estimate of drug-likeness (QED) is 0.627. The predicted octanol–water partition coefficient (Wildman–Crippen LogP) is 0.105. The third kappa shape index (κ3) is 2.15. The Hall–Kier alpha value is -3.10. The zero-order valence-corrected chi connectivity index (χ0v) is 15.5. The van der Waals surface area contributed by atoms with Gasteiger partial charge in [-0.2, -0.15) is 0 Å². The smallest absolute Gasteiger partial charge is 0.291 e. The number of aliphatic hydroxyl groups excluding tert-OH is 1. The summed E-state index contributed by atoms with van der Waals surface area (Å²) in [5.74, 6) is -4.32. The molecular weight excluding hydrogens is 377 g/mol. The maximum atomic E-state index is 14.4. The molecule has 3 aliphatic rings. The average Bonchev–Trinajstić information content (AvgIpc) is 3.28. The highest BCUT2D eigenvalue weighted by Crippen LogP contribution is 2.50. The van der Waals surface area contributed by atoms with Crippen molar-refractivity contribution in [2.45, 2.75) is 24.6 Å². The van der Waals surface area contributed by atoms with Gasteiger partial charge in [0.2, 0.25) is 17.4 Å². The number of para-hydroxylation sites is 2. The first-order valence-corrected chi connectivity index (χ1v) is 9.45. The van der Waals surface area contributed by atoms with Crippen molar-refractivity contribution < 1.29 is 29.2 Å². The number of carbonyl (C=O) groups is 3. The fourth-order valence-electron chi connectivity index (χ4n) is 5.15. The fraction of sp³-hybridized carbons (Fsp3) is 0.286. The molecule has 5 rings (SSSR count). The van der Waals surface area contributed by atoms with Gasteiger partial charge in [0, 0.05) is 5.56 Å². The molecule has 5 atom stereocenters. The summed E-state index contributed by atoms with van der Waals surface area (Å²) in [5.41, 5.74) is -0.346. The number of benzene rings is 2. The molecule has 4 N–H and O–H groups in total. The fourth-order valence-corrected chi connectivity index (χ4v) is 5.15. The largest absolute Gasteiger partial charge is 0.387 e. The number of anilines is 2. The second kappa shape index (κ2) is 5.95. The van der Waals surface area contributed by atoms with Gasteiger partial charge in [0.15, 0.2) is 0 Å². The topological polar surface area (TPSA) is 103 Å². The first-order chi connectivity index (χ1) is 13.9. The van der Waals surface area contributed by atoms with Gasteiger partial charge < -0.3 is 15.7 Å².